The molecule has 2 aliphatic rings. The van der Waals surface area contributed by atoms with Crippen molar-refractivity contribution in [2.75, 3.05) is 38.1 Å². The van der Waals surface area contributed by atoms with Gasteiger partial charge in [0.05, 0.1) is 4.88 Å². The highest BCUT2D eigenvalue weighted by molar-refractivity contribution is 7.14. The fourth-order valence-electron chi connectivity index (χ4n) is 3.83. The van der Waals surface area contributed by atoms with Crippen LogP contribution >= 0.6 is 11.3 Å². The molecule has 1 aliphatic heterocycles. The van der Waals surface area contributed by atoms with Crippen molar-refractivity contribution in [3.05, 3.63) is 45.3 Å². The van der Waals surface area contributed by atoms with Gasteiger partial charge in [-0.2, -0.15) is 0 Å². The Morgan fingerprint density at radius 1 is 1.30 bits per heavy atom. The van der Waals surface area contributed by atoms with Gasteiger partial charge in [-0.1, -0.05) is 13.0 Å². The van der Waals surface area contributed by atoms with Crippen molar-refractivity contribution >= 4 is 23.1 Å². The minimum atomic E-state index is 0.0326. The van der Waals surface area contributed by atoms with Crippen LogP contribution in [0.15, 0.2) is 24.4 Å². The molecule has 1 atom stereocenters. The van der Waals surface area contributed by atoms with Gasteiger partial charge in [0.15, 0.2) is 0 Å². The Kier molecular flexibility index (Phi) is 5.45. The maximum absolute atomic E-state index is 12.5. The molecule has 1 fully saturated rings. The predicted octanol–water partition coefficient (Wildman–Crippen LogP) is 2.95. The zero-order valence-electron chi connectivity index (χ0n) is 16.2. The number of thiophene rings is 1. The molecule has 0 radical (unpaired) electrons. The first-order valence-corrected chi connectivity index (χ1v) is 10.7. The summed E-state index contributed by atoms with van der Waals surface area (Å²) >= 11 is 1.66. The van der Waals surface area contributed by atoms with E-state index in [1.807, 2.05) is 6.20 Å². The van der Waals surface area contributed by atoms with Crippen molar-refractivity contribution in [1.82, 2.24) is 15.2 Å². The van der Waals surface area contributed by atoms with Gasteiger partial charge in [-0.3, -0.25) is 4.79 Å². The first kappa shape index (κ1) is 18.4. The molecule has 6 heteroatoms. The molecule has 1 saturated heterocycles. The molecule has 0 unspecified atom stereocenters. The fraction of sp³-hybridized carbons (Fsp3) is 0.524. The summed E-state index contributed by atoms with van der Waals surface area (Å²) in [5, 5.41) is 3.05. The fourth-order valence-corrected chi connectivity index (χ4v) is 4.96. The molecule has 5 nitrogen and oxygen atoms in total. The summed E-state index contributed by atoms with van der Waals surface area (Å²) in [4.78, 5) is 24.0. The Morgan fingerprint density at radius 3 is 2.85 bits per heavy atom. The van der Waals surface area contributed by atoms with E-state index in [0.29, 0.717) is 6.54 Å². The Bertz CT molecular complexity index is 793. The summed E-state index contributed by atoms with van der Waals surface area (Å²) in [6.07, 6.45) is 5.35. The number of piperazine rings is 1. The molecule has 2 aromatic rings. The van der Waals surface area contributed by atoms with Crippen molar-refractivity contribution < 1.29 is 4.79 Å². The number of nitrogens with one attached hydrogen (secondary N) is 1. The van der Waals surface area contributed by atoms with Gasteiger partial charge in [0, 0.05) is 43.8 Å². The van der Waals surface area contributed by atoms with Crippen LogP contribution < -0.4 is 10.2 Å². The van der Waals surface area contributed by atoms with Gasteiger partial charge in [0.1, 0.15) is 5.82 Å². The summed E-state index contributed by atoms with van der Waals surface area (Å²) in [5.41, 5.74) is 2.42. The second-order valence-electron chi connectivity index (χ2n) is 7.90. The number of hydrogen-bond acceptors (Lipinski definition) is 5. The van der Waals surface area contributed by atoms with Crippen LogP contribution in [0.5, 0.6) is 0 Å². The van der Waals surface area contributed by atoms with Crippen LogP contribution in [-0.4, -0.2) is 49.0 Å². The van der Waals surface area contributed by atoms with Crippen LogP contribution in [0.25, 0.3) is 0 Å². The van der Waals surface area contributed by atoms with Gasteiger partial charge in [-0.15, -0.1) is 11.3 Å². The van der Waals surface area contributed by atoms with Gasteiger partial charge >= 0.3 is 0 Å². The van der Waals surface area contributed by atoms with Crippen molar-refractivity contribution in [1.29, 1.82) is 0 Å². The highest BCUT2D eigenvalue weighted by Crippen LogP contribution is 2.32. The Labute approximate surface area is 165 Å². The quantitative estimate of drug-likeness (QED) is 0.881. The molecule has 0 aromatic carbocycles. The van der Waals surface area contributed by atoms with E-state index in [1.54, 1.807) is 11.3 Å². The smallest absolute Gasteiger partial charge is 0.261 e. The molecule has 0 saturated carbocycles. The van der Waals surface area contributed by atoms with Crippen molar-refractivity contribution in [3.8, 4) is 0 Å². The number of hydrogen-bond donors (Lipinski definition) is 1. The van der Waals surface area contributed by atoms with Crippen LogP contribution in [0.2, 0.25) is 0 Å². The minimum Gasteiger partial charge on any atom is -0.354 e. The van der Waals surface area contributed by atoms with Crippen molar-refractivity contribution in [3.63, 3.8) is 0 Å². The normalized spacial score (nSPS) is 20.4. The topological polar surface area (TPSA) is 48.5 Å². The second kappa shape index (κ2) is 7.98. The lowest BCUT2D eigenvalue weighted by Crippen LogP contribution is -2.44. The maximum atomic E-state index is 12.5. The van der Waals surface area contributed by atoms with E-state index >= 15 is 0 Å². The highest BCUT2D eigenvalue weighted by Gasteiger charge is 2.20. The number of carbonyl (C=O) groups is 1. The molecule has 1 N–H and O–H groups in total. The first-order valence-electron chi connectivity index (χ1n) is 9.86. The van der Waals surface area contributed by atoms with Crippen LogP contribution in [0.4, 0.5) is 5.82 Å². The minimum absolute atomic E-state index is 0.0326. The summed E-state index contributed by atoms with van der Waals surface area (Å²) in [5.74, 6) is 1.79. The van der Waals surface area contributed by atoms with E-state index < -0.39 is 0 Å². The van der Waals surface area contributed by atoms with Crippen molar-refractivity contribution in [2.45, 2.75) is 32.7 Å². The summed E-state index contributed by atoms with van der Waals surface area (Å²) in [7, 11) is 2.15. The van der Waals surface area contributed by atoms with Crippen molar-refractivity contribution in [2.24, 2.45) is 5.92 Å². The largest absolute Gasteiger partial charge is 0.354 e. The number of anilines is 1. The van der Waals surface area contributed by atoms with E-state index in [0.717, 1.165) is 61.2 Å². The average Bonchev–Trinajstić information content (AvgIpc) is 3.10. The molecular weight excluding hydrogens is 356 g/mol. The molecule has 3 heterocycles. The maximum Gasteiger partial charge on any atom is 0.261 e. The number of aromatic nitrogens is 1. The predicted molar refractivity (Wildman–Crippen MR) is 111 cm³/mol. The lowest BCUT2D eigenvalue weighted by molar-refractivity contribution is 0.0955. The molecular formula is C21H28N4OS. The molecule has 1 amide bonds. The number of rotatable bonds is 4. The van der Waals surface area contributed by atoms with Gasteiger partial charge in [-0.25, -0.2) is 4.98 Å². The highest BCUT2D eigenvalue weighted by atomic mass is 32.1. The van der Waals surface area contributed by atoms with Crippen LogP contribution in [0.1, 0.15) is 39.0 Å². The molecule has 2 aromatic heterocycles. The number of aryl methyl sites for hydroxylation is 1. The zero-order valence-corrected chi connectivity index (χ0v) is 17.0. The first-order chi connectivity index (χ1) is 13.1. The zero-order chi connectivity index (χ0) is 18.8. The van der Waals surface area contributed by atoms with E-state index in [2.05, 4.69) is 52.3 Å². The second-order valence-corrected chi connectivity index (χ2v) is 9.04. The van der Waals surface area contributed by atoms with Gasteiger partial charge < -0.3 is 15.1 Å². The number of nitrogens with zero attached hydrogens (tertiary/aromatic N) is 3. The Morgan fingerprint density at radius 2 is 2.11 bits per heavy atom. The van der Waals surface area contributed by atoms with E-state index in [9.17, 15) is 4.79 Å². The Hall–Kier alpha value is -1.92. The number of amides is 1. The molecule has 1 aliphatic carbocycles. The summed E-state index contributed by atoms with van der Waals surface area (Å²) in [6.45, 7) is 6.99. The molecule has 27 heavy (non-hydrogen) atoms. The number of carbonyl (C=O) groups excluding carboxylic acids is 1. The summed E-state index contributed by atoms with van der Waals surface area (Å²) in [6, 6.07) is 6.24. The van der Waals surface area contributed by atoms with E-state index in [4.69, 9.17) is 0 Å². The number of pyridine rings is 1. The third-order valence-corrected chi connectivity index (χ3v) is 6.88. The monoisotopic (exact) mass is 384 g/mol. The third kappa shape index (κ3) is 4.33. The standard InChI is InChI=1S/C21H28N4OS/c1-15-3-5-18-17(11-15)12-19(27-18)21(26)23-14-16-4-6-20(22-13-16)25-9-7-24(2)8-10-25/h4,6,12-13,15H,3,5,7-11,14H2,1-2H3,(H,23,26)/t15-/m0/s1. The number of likely N-dealkylation sites (N-methyl/N-ethyl adjacent to an activating group) is 1. The number of fused-ring (bicyclic) bond motifs is 1. The third-order valence-electron chi connectivity index (χ3n) is 5.64. The van der Waals surface area contributed by atoms with E-state index in [1.165, 1.54) is 16.9 Å². The van der Waals surface area contributed by atoms with Crippen LogP contribution in [-0.2, 0) is 19.4 Å². The van der Waals surface area contributed by atoms with Crippen LogP contribution in [0, 0.1) is 5.92 Å². The van der Waals surface area contributed by atoms with Gasteiger partial charge in [0.25, 0.3) is 5.91 Å². The van der Waals surface area contributed by atoms with Gasteiger partial charge in [0.2, 0.25) is 0 Å². The van der Waals surface area contributed by atoms with E-state index in [-0.39, 0.29) is 5.91 Å². The molecule has 0 bridgehead atoms. The lowest BCUT2D eigenvalue weighted by atomic mass is 9.90. The summed E-state index contributed by atoms with van der Waals surface area (Å²) < 4.78 is 0. The Balaban J connectivity index is 1.33. The van der Waals surface area contributed by atoms with Crippen LogP contribution in [0.3, 0.4) is 0 Å². The average molecular weight is 385 g/mol. The lowest BCUT2D eigenvalue weighted by Gasteiger charge is -2.33. The SMILES string of the molecule is C[C@H]1CCc2sc(C(=O)NCc3ccc(N4CCN(C)CC4)nc3)cc2C1. The molecule has 144 valence electrons. The molecule has 4 rings (SSSR count). The molecule has 0 spiro atoms. The van der Waals surface area contributed by atoms with Gasteiger partial charge in [-0.05, 0) is 55.5 Å².